The van der Waals surface area contributed by atoms with E-state index in [0.29, 0.717) is 48.6 Å². The van der Waals surface area contributed by atoms with Gasteiger partial charge in [-0.1, -0.05) is 61.3 Å². The molecule has 0 saturated carbocycles. The summed E-state index contributed by atoms with van der Waals surface area (Å²) in [5, 5.41) is 5.44. The molecule has 2 unspecified atom stereocenters. The summed E-state index contributed by atoms with van der Waals surface area (Å²) < 4.78 is 55.2. The Morgan fingerprint density at radius 2 is 1.37 bits per heavy atom. The van der Waals surface area contributed by atoms with Crippen LogP contribution < -0.4 is 19.2 Å². The van der Waals surface area contributed by atoms with Gasteiger partial charge in [0.25, 0.3) is 11.8 Å². The average Bonchev–Trinajstić information content (AvgIpc) is 3.61. The van der Waals surface area contributed by atoms with Crippen molar-refractivity contribution in [2.24, 2.45) is 0 Å². The molecule has 2 N–H and O–H groups in total. The number of nitrogens with zero attached hydrogens (tertiary/aromatic N) is 2. The Labute approximate surface area is 308 Å². The van der Waals surface area contributed by atoms with E-state index in [1.807, 2.05) is 38.1 Å². The summed E-state index contributed by atoms with van der Waals surface area (Å²) in [6, 6.07) is 23.9. The fraction of sp³-hybridized carbons (Fsp3) is 0.297. The van der Waals surface area contributed by atoms with Crippen molar-refractivity contribution in [1.82, 2.24) is 0 Å². The molecule has 14 heteroatoms. The third-order valence-electron chi connectivity index (χ3n) is 9.37. The quantitative estimate of drug-likeness (QED) is 0.170. The van der Waals surface area contributed by atoms with Gasteiger partial charge in [0.1, 0.15) is 0 Å². The fourth-order valence-electron chi connectivity index (χ4n) is 6.57. The van der Waals surface area contributed by atoms with Crippen LogP contribution in [0.25, 0.3) is 0 Å². The van der Waals surface area contributed by atoms with Crippen molar-refractivity contribution in [3.05, 3.63) is 117 Å². The minimum absolute atomic E-state index is 0.0537. The van der Waals surface area contributed by atoms with Crippen molar-refractivity contribution in [3.63, 3.8) is 0 Å². The highest BCUT2D eigenvalue weighted by molar-refractivity contribution is 7.93. The van der Waals surface area contributed by atoms with Crippen LogP contribution in [-0.4, -0.2) is 52.7 Å². The minimum Gasteiger partial charge on any atom is -0.322 e. The normalized spacial score (nSPS) is 18.4. The van der Waals surface area contributed by atoms with E-state index in [1.54, 1.807) is 36.4 Å². The standard InChI is InChI=1S/C37H38Cl2N4O6S2/c1-3-25-7-4-9-27(20-25)40-36(44)33-23-30(12-14-35(33)39)43-17-15-31(51(43,48)49)19-24(2)26-8-5-10-28(21-26)41-37(45)32-22-29(11-13-34(32)38)42-16-6-18-50(42,46)47/h4-5,7-14,20-24,31H,3,6,15-19H2,1-2H3,(H,40,44)(H,41,45). The first kappa shape index (κ1) is 36.7. The molecule has 2 amide bonds. The Bertz CT molecular complexity index is 2210. The second-order valence-electron chi connectivity index (χ2n) is 12.8. The molecule has 0 radical (unpaired) electrons. The number of anilines is 4. The predicted molar refractivity (Wildman–Crippen MR) is 205 cm³/mol. The Morgan fingerprint density at radius 1 is 0.784 bits per heavy atom. The molecule has 2 fully saturated rings. The van der Waals surface area contributed by atoms with Gasteiger partial charge in [-0.2, -0.15) is 0 Å². The number of carbonyl (C=O) groups is 2. The topological polar surface area (TPSA) is 133 Å². The van der Waals surface area contributed by atoms with Crippen molar-refractivity contribution in [3.8, 4) is 0 Å². The largest absolute Gasteiger partial charge is 0.322 e. The number of benzene rings is 4. The van der Waals surface area contributed by atoms with Crippen LogP contribution in [-0.2, 0) is 26.5 Å². The number of aryl methyl sites for hydroxylation is 1. The van der Waals surface area contributed by atoms with E-state index >= 15 is 0 Å². The molecule has 2 heterocycles. The molecule has 0 bridgehead atoms. The van der Waals surface area contributed by atoms with Gasteiger partial charge in [0.15, 0.2) is 0 Å². The summed E-state index contributed by atoms with van der Waals surface area (Å²) >= 11 is 12.8. The van der Waals surface area contributed by atoms with Crippen molar-refractivity contribution in [2.75, 3.05) is 38.1 Å². The summed E-state index contributed by atoms with van der Waals surface area (Å²) in [6.07, 6.45) is 2.06. The Hall–Kier alpha value is -4.10. The van der Waals surface area contributed by atoms with Crippen LogP contribution in [0, 0.1) is 0 Å². The van der Waals surface area contributed by atoms with Gasteiger partial charge in [0, 0.05) is 24.5 Å². The number of halogens is 2. The lowest BCUT2D eigenvalue weighted by atomic mass is 9.94. The lowest BCUT2D eigenvalue weighted by Gasteiger charge is -2.22. The molecule has 0 spiro atoms. The highest BCUT2D eigenvalue weighted by Gasteiger charge is 2.40. The average molecular weight is 770 g/mol. The van der Waals surface area contributed by atoms with E-state index in [9.17, 15) is 26.4 Å². The van der Waals surface area contributed by atoms with Crippen molar-refractivity contribution < 1.29 is 26.4 Å². The van der Waals surface area contributed by atoms with E-state index < -0.39 is 37.1 Å². The van der Waals surface area contributed by atoms with E-state index in [4.69, 9.17) is 23.2 Å². The maximum atomic E-state index is 13.8. The monoisotopic (exact) mass is 768 g/mol. The first-order chi connectivity index (χ1) is 24.3. The molecule has 0 aromatic heterocycles. The second-order valence-corrected chi connectivity index (χ2v) is 17.8. The Kier molecular flexibility index (Phi) is 10.7. The zero-order valence-electron chi connectivity index (χ0n) is 28.1. The smallest absolute Gasteiger partial charge is 0.257 e. The van der Waals surface area contributed by atoms with Crippen LogP contribution >= 0.6 is 23.2 Å². The molecule has 51 heavy (non-hydrogen) atoms. The molecule has 4 aromatic rings. The molecule has 0 aliphatic carbocycles. The predicted octanol–water partition coefficient (Wildman–Crippen LogP) is 7.70. The molecule has 10 nitrogen and oxygen atoms in total. The van der Waals surface area contributed by atoms with Gasteiger partial charge in [-0.15, -0.1) is 0 Å². The summed E-state index contributed by atoms with van der Waals surface area (Å²) in [5.41, 5.74) is 4.09. The van der Waals surface area contributed by atoms with Crippen LogP contribution in [0.1, 0.15) is 70.9 Å². The number of hydrogen-bond acceptors (Lipinski definition) is 6. The number of carbonyl (C=O) groups excluding carboxylic acids is 2. The molecule has 2 saturated heterocycles. The Balaban J connectivity index is 1.13. The zero-order chi connectivity index (χ0) is 36.5. The first-order valence-corrected chi connectivity index (χ1v) is 20.6. The number of nitrogens with one attached hydrogen (secondary N) is 2. The molecule has 4 aromatic carbocycles. The molecular weight excluding hydrogens is 731 g/mol. The van der Waals surface area contributed by atoms with E-state index in [0.717, 1.165) is 17.5 Å². The van der Waals surface area contributed by atoms with Gasteiger partial charge < -0.3 is 10.6 Å². The molecular formula is C37H38Cl2N4O6S2. The lowest BCUT2D eigenvalue weighted by molar-refractivity contribution is 0.101. The number of sulfonamides is 2. The summed E-state index contributed by atoms with van der Waals surface area (Å²) in [5.74, 6) is -1.06. The number of amides is 2. The number of rotatable bonds is 10. The SMILES string of the molecule is CCc1cccc(NC(=O)c2cc(N3CCC(CC(C)c4cccc(NC(=O)c5cc(N6CCCS6(=O)=O)ccc5Cl)c4)S3(=O)=O)ccc2Cl)c1. The van der Waals surface area contributed by atoms with Crippen LogP contribution in [0.15, 0.2) is 84.9 Å². The van der Waals surface area contributed by atoms with Gasteiger partial charge in [-0.05, 0) is 103 Å². The van der Waals surface area contributed by atoms with Crippen LogP contribution in [0.3, 0.4) is 0 Å². The molecule has 2 atom stereocenters. The summed E-state index contributed by atoms with van der Waals surface area (Å²) in [6.45, 7) is 4.56. The minimum atomic E-state index is -3.77. The second kappa shape index (κ2) is 14.9. The van der Waals surface area contributed by atoms with E-state index in [1.165, 1.54) is 32.9 Å². The van der Waals surface area contributed by atoms with Gasteiger partial charge in [0.2, 0.25) is 20.0 Å². The highest BCUT2D eigenvalue weighted by atomic mass is 35.5. The van der Waals surface area contributed by atoms with Gasteiger partial charge in [-0.3, -0.25) is 18.2 Å². The third-order valence-corrected chi connectivity index (χ3v) is 14.2. The molecule has 6 rings (SSSR count). The third kappa shape index (κ3) is 7.89. The highest BCUT2D eigenvalue weighted by Crippen LogP contribution is 2.36. The summed E-state index contributed by atoms with van der Waals surface area (Å²) in [7, 11) is -7.21. The molecule has 2 aliphatic heterocycles. The fourth-order valence-corrected chi connectivity index (χ4v) is 10.6. The van der Waals surface area contributed by atoms with Crippen LogP contribution in [0.5, 0.6) is 0 Å². The Morgan fingerprint density at radius 3 is 1.96 bits per heavy atom. The van der Waals surface area contributed by atoms with E-state index in [-0.39, 0.29) is 39.4 Å². The lowest BCUT2D eigenvalue weighted by Crippen LogP contribution is -2.30. The summed E-state index contributed by atoms with van der Waals surface area (Å²) in [4.78, 5) is 26.5. The zero-order valence-corrected chi connectivity index (χ0v) is 31.2. The van der Waals surface area contributed by atoms with E-state index in [2.05, 4.69) is 10.6 Å². The van der Waals surface area contributed by atoms with Crippen LogP contribution in [0.4, 0.5) is 22.7 Å². The van der Waals surface area contributed by atoms with Crippen molar-refractivity contribution >= 4 is 77.8 Å². The van der Waals surface area contributed by atoms with Gasteiger partial charge in [-0.25, -0.2) is 16.8 Å². The number of hydrogen-bond donors (Lipinski definition) is 2. The van der Waals surface area contributed by atoms with Crippen molar-refractivity contribution in [2.45, 2.75) is 50.7 Å². The van der Waals surface area contributed by atoms with Crippen LogP contribution in [0.2, 0.25) is 10.0 Å². The maximum Gasteiger partial charge on any atom is 0.257 e. The van der Waals surface area contributed by atoms with Gasteiger partial charge >= 0.3 is 0 Å². The molecule has 2 aliphatic rings. The maximum absolute atomic E-state index is 13.8. The van der Waals surface area contributed by atoms with Crippen molar-refractivity contribution in [1.29, 1.82) is 0 Å². The first-order valence-electron chi connectivity index (χ1n) is 16.7. The van der Waals surface area contributed by atoms with Gasteiger partial charge in [0.05, 0.1) is 43.5 Å². The molecule has 268 valence electrons.